The Kier molecular flexibility index (Phi) is 11.3. The molecule has 0 unspecified atom stereocenters. The molecule has 0 aromatic carbocycles. The molecule has 30 heavy (non-hydrogen) atoms. The molecule has 0 aromatic heterocycles. The van der Waals surface area contributed by atoms with Crippen LogP contribution in [0.3, 0.4) is 0 Å². The van der Waals surface area contributed by atoms with Gasteiger partial charge in [0.2, 0.25) is 5.91 Å². The molecule has 1 saturated heterocycles. The number of carbonyl (C=O) groups excluding carboxylic acids is 4. The van der Waals surface area contributed by atoms with Gasteiger partial charge in [-0.05, 0) is 6.42 Å². The topological polar surface area (TPSA) is 126 Å². The number of esters is 3. The van der Waals surface area contributed by atoms with Gasteiger partial charge in [-0.3, -0.25) is 19.2 Å². The fourth-order valence-electron chi connectivity index (χ4n) is 3.16. The second-order valence-corrected chi connectivity index (χ2v) is 7.15. The van der Waals surface area contributed by atoms with Crippen molar-refractivity contribution in [1.29, 1.82) is 0 Å². The molecule has 0 spiro atoms. The normalized spacial score (nSPS) is 25.8. The van der Waals surface area contributed by atoms with Crippen LogP contribution in [0.15, 0.2) is 0 Å². The van der Waals surface area contributed by atoms with Crippen LogP contribution in [0.4, 0.5) is 0 Å². The molecule has 1 aliphatic rings. The Balaban J connectivity index is 3.13. The minimum atomic E-state index is -1.11. The van der Waals surface area contributed by atoms with Crippen LogP contribution in [0.25, 0.3) is 0 Å². The predicted octanol–water partition coefficient (Wildman–Crippen LogP) is 1.24. The summed E-state index contributed by atoms with van der Waals surface area (Å²) in [5, 5.41) is 2.66. The van der Waals surface area contributed by atoms with Crippen molar-refractivity contribution in [3.05, 3.63) is 0 Å². The van der Waals surface area contributed by atoms with Gasteiger partial charge in [0.25, 0.3) is 0 Å². The van der Waals surface area contributed by atoms with Crippen molar-refractivity contribution in [3.8, 4) is 0 Å². The number of nitrogens with one attached hydrogen (secondary N) is 1. The van der Waals surface area contributed by atoms with E-state index in [0.29, 0.717) is 6.61 Å². The Bertz CT molecular complexity index is 595. The van der Waals surface area contributed by atoms with Crippen LogP contribution in [-0.2, 0) is 42.9 Å². The van der Waals surface area contributed by atoms with Gasteiger partial charge in [-0.25, -0.2) is 0 Å². The smallest absolute Gasteiger partial charge is 0.303 e. The Morgan fingerprint density at radius 2 is 1.50 bits per heavy atom. The molecule has 172 valence electrons. The third kappa shape index (κ3) is 9.08. The zero-order valence-corrected chi connectivity index (χ0v) is 18.3. The molecule has 0 saturated carbocycles. The predicted molar refractivity (Wildman–Crippen MR) is 104 cm³/mol. The van der Waals surface area contributed by atoms with Gasteiger partial charge in [0.15, 0.2) is 18.5 Å². The molecule has 10 nitrogen and oxygen atoms in total. The number of unbranched alkanes of at least 4 members (excludes halogenated alkanes) is 3. The van der Waals surface area contributed by atoms with Crippen LogP contribution < -0.4 is 5.32 Å². The van der Waals surface area contributed by atoms with Gasteiger partial charge in [-0.1, -0.05) is 26.2 Å². The highest BCUT2D eigenvalue weighted by Gasteiger charge is 2.51. The van der Waals surface area contributed by atoms with E-state index >= 15 is 0 Å². The van der Waals surface area contributed by atoms with Gasteiger partial charge in [0.1, 0.15) is 18.8 Å². The Hall–Kier alpha value is -2.20. The Labute approximate surface area is 176 Å². The minimum Gasteiger partial charge on any atom is -0.463 e. The maximum Gasteiger partial charge on any atom is 0.303 e. The van der Waals surface area contributed by atoms with Crippen LogP contribution in [-0.4, -0.2) is 67.7 Å². The molecule has 1 rings (SSSR count). The number of amides is 1. The van der Waals surface area contributed by atoms with Crippen molar-refractivity contribution < 1.29 is 42.9 Å². The summed E-state index contributed by atoms with van der Waals surface area (Å²) < 4.78 is 27.5. The summed E-state index contributed by atoms with van der Waals surface area (Å²) in [5.74, 6) is -2.23. The zero-order chi connectivity index (χ0) is 22.7. The van der Waals surface area contributed by atoms with Gasteiger partial charge < -0.3 is 29.0 Å². The first kappa shape index (κ1) is 25.8. The van der Waals surface area contributed by atoms with Crippen molar-refractivity contribution in [2.75, 3.05) is 13.2 Å². The first-order chi connectivity index (χ1) is 14.1. The quantitative estimate of drug-likeness (QED) is 0.292. The van der Waals surface area contributed by atoms with E-state index < -0.39 is 54.5 Å². The van der Waals surface area contributed by atoms with Crippen LogP contribution in [0.2, 0.25) is 0 Å². The molecule has 10 heteroatoms. The lowest BCUT2D eigenvalue weighted by atomic mass is 9.96. The molecule has 1 amide bonds. The van der Waals surface area contributed by atoms with E-state index in [-0.39, 0.29) is 6.61 Å². The molecule has 1 heterocycles. The van der Waals surface area contributed by atoms with Crippen molar-refractivity contribution in [1.82, 2.24) is 5.32 Å². The number of hydrogen-bond acceptors (Lipinski definition) is 9. The van der Waals surface area contributed by atoms with E-state index in [2.05, 4.69) is 12.2 Å². The number of carbonyl (C=O) groups is 4. The summed E-state index contributed by atoms with van der Waals surface area (Å²) in [7, 11) is 0. The molecule has 5 atom stereocenters. The highest BCUT2D eigenvalue weighted by molar-refractivity contribution is 5.73. The molecular weight excluding hydrogens is 398 g/mol. The Morgan fingerprint density at radius 1 is 0.867 bits per heavy atom. The molecule has 0 bridgehead atoms. The highest BCUT2D eigenvalue weighted by Crippen LogP contribution is 2.28. The van der Waals surface area contributed by atoms with E-state index in [9.17, 15) is 19.2 Å². The molecule has 0 aromatic rings. The highest BCUT2D eigenvalue weighted by atomic mass is 16.7. The van der Waals surface area contributed by atoms with Crippen LogP contribution in [0, 0.1) is 0 Å². The van der Waals surface area contributed by atoms with Gasteiger partial charge in [0, 0.05) is 34.3 Å². The molecule has 1 aliphatic heterocycles. The molecule has 1 N–H and O–H groups in total. The molecule has 1 fully saturated rings. The first-order valence-electron chi connectivity index (χ1n) is 10.2. The van der Waals surface area contributed by atoms with Crippen LogP contribution in [0.1, 0.15) is 60.3 Å². The van der Waals surface area contributed by atoms with E-state index in [4.69, 9.17) is 23.7 Å². The number of hydrogen-bond donors (Lipinski definition) is 1. The largest absolute Gasteiger partial charge is 0.463 e. The summed E-state index contributed by atoms with van der Waals surface area (Å²) in [6.45, 7) is 7.13. The molecule has 0 radical (unpaired) electrons. The second-order valence-electron chi connectivity index (χ2n) is 7.15. The second kappa shape index (κ2) is 13.2. The summed E-state index contributed by atoms with van der Waals surface area (Å²) in [5.41, 5.74) is 0. The first-order valence-corrected chi connectivity index (χ1v) is 10.2. The summed E-state index contributed by atoms with van der Waals surface area (Å²) in [4.78, 5) is 46.5. The van der Waals surface area contributed by atoms with Crippen LogP contribution >= 0.6 is 0 Å². The van der Waals surface area contributed by atoms with Gasteiger partial charge in [0.05, 0.1) is 0 Å². The fraction of sp³-hybridized carbons (Fsp3) is 0.800. The van der Waals surface area contributed by atoms with E-state index in [1.807, 2.05) is 0 Å². The van der Waals surface area contributed by atoms with Crippen molar-refractivity contribution >= 4 is 23.8 Å². The summed E-state index contributed by atoms with van der Waals surface area (Å²) in [6, 6.07) is -0.921. The van der Waals surface area contributed by atoms with E-state index in [1.165, 1.54) is 27.7 Å². The Morgan fingerprint density at radius 3 is 2.03 bits per heavy atom. The number of ether oxygens (including phenoxy) is 5. The van der Waals surface area contributed by atoms with Gasteiger partial charge in [-0.15, -0.1) is 0 Å². The maximum atomic E-state index is 11.8. The van der Waals surface area contributed by atoms with E-state index in [0.717, 1.165) is 25.7 Å². The maximum absolute atomic E-state index is 11.8. The van der Waals surface area contributed by atoms with Crippen molar-refractivity contribution in [2.45, 2.75) is 90.9 Å². The SMILES string of the molecule is CCCCCCO[C@@H]1O[C@H](COC(C)=O)[C@H](OC(C)=O)[C@@H](OC(C)=O)[C@H]1NC(C)=O. The molecule has 0 aliphatic carbocycles. The van der Waals surface area contributed by atoms with Gasteiger partial charge in [-0.2, -0.15) is 0 Å². The van der Waals surface area contributed by atoms with Crippen molar-refractivity contribution in [3.63, 3.8) is 0 Å². The monoisotopic (exact) mass is 431 g/mol. The average Bonchev–Trinajstić information content (AvgIpc) is 2.63. The standard InChI is InChI=1S/C20H33NO9/c1-6-7-8-9-10-26-20-17(21-12(2)22)19(29-15(5)25)18(28-14(4)24)16(30-20)11-27-13(3)23/h16-20H,6-11H2,1-5H3,(H,21,22)/t16-,17-,18+,19+,20-/m1/s1. The molecular formula is C20H33NO9. The summed E-state index contributed by atoms with van der Waals surface area (Å²) in [6.07, 6.45) is -0.274. The summed E-state index contributed by atoms with van der Waals surface area (Å²) >= 11 is 0. The third-order valence-corrected chi connectivity index (χ3v) is 4.35. The lowest BCUT2D eigenvalue weighted by Crippen LogP contribution is -2.66. The fourth-order valence-corrected chi connectivity index (χ4v) is 3.16. The lowest BCUT2D eigenvalue weighted by Gasteiger charge is -2.44. The lowest BCUT2D eigenvalue weighted by molar-refractivity contribution is -0.277. The van der Waals surface area contributed by atoms with Gasteiger partial charge >= 0.3 is 17.9 Å². The zero-order valence-electron chi connectivity index (χ0n) is 18.3. The van der Waals surface area contributed by atoms with E-state index in [1.54, 1.807) is 0 Å². The average molecular weight is 431 g/mol. The number of rotatable bonds is 11. The van der Waals surface area contributed by atoms with Crippen LogP contribution in [0.5, 0.6) is 0 Å². The van der Waals surface area contributed by atoms with Crippen molar-refractivity contribution in [2.24, 2.45) is 0 Å². The minimum absolute atomic E-state index is 0.243. The third-order valence-electron chi connectivity index (χ3n) is 4.35.